The Morgan fingerprint density at radius 2 is 2.04 bits per heavy atom. The second-order valence-corrected chi connectivity index (χ2v) is 7.00. The topological polar surface area (TPSA) is 81.7 Å². The van der Waals surface area contributed by atoms with E-state index in [1.807, 2.05) is 0 Å². The highest BCUT2D eigenvalue weighted by Gasteiger charge is 2.46. The van der Waals surface area contributed by atoms with Gasteiger partial charge in [0.15, 0.2) is 0 Å². The molecule has 6 nitrogen and oxygen atoms in total. The Morgan fingerprint density at radius 3 is 2.60 bits per heavy atom. The van der Waals surface area contributed by atoms with E-state index in [-0.39, 0.29) is 23.5 Å². The van der Waals surface area contributed by atoms with Crippen LogP contribution in [0.3, 0.4) is 0 Å². The molecule has 0 saturated heterocycles. The number of alkyl halides is 3. The molecule has 2 aliphatic rings. The number of aryl methyl sites for hydroxylation is 1. The van der Waals surface area contributed by atoms with Gasteiger partial charge in [-0.1, -0.05) is 6.42 Å². The van der Waals surface area contributed by atoms with Crippen molar-refractivity contribution in [2.24, 2.45) is 18.9 Å². The quantitative estimate of drug-likeness (QED) is 0.884. The second-order valence-electron chi connectivity index (χ2n) is 7.00. The van der Waals surface area contributed by atoms with Crippen molar-refractivity contribution >= 4 is 17.5 Å². The van der Waals surface area contributed by atoms with Crippen molar-refractivity contribution in [2.75, 3.05) is 11.1 Å². The number of nitrogens with one attached hydrogen (secondary N) is 1. The van der Waals surface area contributed by atoms with E-state index in [0.717, 1.165) is 25.7 Å². The average Bonchev–Trinajstić information content (AvgIpc) is 3.22. The van der Waals surface area contributed by atoms with Crippen molar-refractivity contribution in [1.82, 2.24) is 19.7 Å². The number of anilines is 3. The first-order chi connectivity index (χ1) is 11.8. The molecule has 0 aliphatic heterocycles. The highest BCUT2D eigenvalue weighted by Crippen LogP contribution is 2.54. The Balaban J connectivity index is 1.75. The number of rotatable bonds is 3. The number of nitrogens with two attached hydrogens (primary N) is 1. The van der Waals surface area contributed by atoms with E-state index in [1.165, 1.54) is 0 Å². The smallest absolute Gasteiger partial charge is 0.383 e. The fourth-order valence-electron chi connectivity index (χ4n) is 4.31. The lowest BCUT2D eigenvalue weighted by Crippen LogP contribution is -2.21. The molecule has 2 saturated carbocycles. The summed E-state index contributed by atoms with van der Waals surface area (Å²) in [5, 5.41) is 6.91. The van der Waals surface area contributed by atoms with Crippen LogP contribution in [-0.2, 0) is 13.2 Å². The van der Waals surface area contributed by atoms with E-state index in [1.54, 1.807) is 24.1 Å². The standard InChI is InChI=1S/C16H19F3N6/c1-25-7-10(6-21-25)22-15-23-13(11-5-8-2-3-9(11)4-8)12(14(20)24-15)16(17,18)19/h6-9,11H,2-5H2,1H3,(H3,20,22,23,24)/t8-,9+,11+/m1/s1. The van der Waals surface area contributed by atoms with E-state index in [9.17, 15) is 13.2 Å². The van der Waals surface area contributed by atoms with Gasteiger partial charge < -0.3 is 11.1 Å². The lowest BCUT2D eigenvalue weighted by atomic mass is 9.84. The zero-order chi connectivity index (χ0) is 17.8. The number of nitrogens with zero attached hydrogens (tertiary/aromatic N) is 4. The summed E-state index contributed by atoms with van der Waals surface area (Å²) in [5.74, 6) is 0.117. The third-order valence-electron chi connectivity index (χ3n) is 5.30. The van der Waals surface area contributed by atoms with E-state index in [2.05, 4.69) is 20.4 Å². The molecule has 0 aromatic carbocycles. The maximum Gasteiger partial charge on any atom is 0.421 e. The Labute approximate surface area is 142 Å². The van der Waals surface area contributed by atoms with Crippen LogP contribution in [0, 0.1) is 11.8 Å². The fraction of sp³-hybridized carbons (Fsp3) is 0.562. The third kappa shape index (κ3) is 2.91. The largest absolute Gasteiger partial charge is 0.421 e. The van der Waals surface area contributed by atoms with Gasteiger partial charge in [0.2, 0.25) is 5.95 Å². The van der Waals surface area contributed by atoms with Gasteiger partial charge in [-0.05, 0) is 31.1 Å². The summed E-state index contributed by atoms with van der Waals surface area (Å²) < 4.78 is 42.3. The Morgan fingerprint density at radius 1 is 1.24 bits per heavy atom. The average molecular weight is 352 g/mol. The van der Waals surface area contributed by atoms with Crippen LogP contribution in [0.1, 0.15) is 42.9 Å². The van der Waals surface area contributed by atoms with Crippen LogP contribution in [0.5, 0.6) is 0 Å². The number of fused-ring (bicyclic) bond motifs is 2. The third-order valence-corrected chi connectivity index (χ3v) is 5.30. The van der Waals surface area contributed by atoms with Crippen molar-refractivity contribution in [2.45, 2.75) is 37.8 Å². The van der Waals surface area contributed by atoms with Gasteiger partial charge in [-0.25, -0.2) is 4.98 Å². The summed E-state index contributed by atoms with van der Waals surface area (Å²) in [6.45, 7) is 0. The molecule has 2 bridgehead atoms. The SMILES string of the molecule is Cn1cc(Nc2nc(N)c(C(F)(F)F)c([C@H]3C[C@@H]4CC[C@H]3C4)n2)cn1. The summed E-state index contributed by atoms with van der Waals surface area (Å²) >= 11 is 0. The van der Waals surface area contributed by atoms with E-state index >= 15 is 0 Å². The summed E-state index contributed by atoms with van der Waals surface area (Å²) in [5.41, 5.74) is 5.47. The minimum absolute atomic E-state index is 0.0404. The van der Waals surface area contributed by atoms with Gasteiger partial charge in [-0.3, -0.25) is 4.68 Å². The predicted molar refractivity (Wildman–Crippen MR) is 86.1 cm³/mol. The molecule has 0 spiro atoms. The molecule has 0 radical (unpaired) electrons. The fourth-order valence-corrected chi connectivity index (χ4v) is 4.31. The van der Waals surface area contributed by atoms with Crippen LogP contribution in [-0.4, -0.2) is 19.7 Å². The Kier molecular flexibility index (Phi) is 3.62. The molecule has 134 valence electrons. The lowest BCUT2D eigenvalue weighted by Gasteiger charge is -2.25. The molecule has 2 heterocycles. The molecule has 0 amide bonds. The van der Waals surface area contributed by atoms with Crippen LogP contribution >= 0.6 is 0 Å². The van der Waals surface area contributed by atoms with Crippen molar-refractivity contribution < 1.29 is 13.2 Å². The molecule has 2 fully saturated rings. The van der Waals surface area contributed by atoms with Crippen LogP contribution in [0.4, 0.5) is 30.6 Å². The maximum atomic E-state index is 13.6. The molecule has 25 heavy (non-hydrogen) atoms. The first-order valence-electron chi connectivity index (χ1n) is 8.31. The Hall–Kier alpha value is -2.32. The number of hydrogen-bond donors (Lipinski definition) is 2. The minimum atomic E-state index is -4.56. The van der Waals surface area contributed by atoms with Crippen LogP contribution in [0.15, 0.2) is 12.4 Å². The van der Waals surface area contributed by atoms with Gasteiger partial charge in [-0.2, -0.15) is 23.3 Å². The van der Waals surface area contributed by atoms with E-state index < -0.39 is 17.6 Å². The molecule has 2 aliphatic carbocycles. The number of aromatic nitrogens is 4. The molecular formula is C16H19F3N6. The van der Waals surface area contributed by atoms with Crippen molar-refractivity contribution in [1.29, 1.82) is 0 Å². The Bertz CT molecular complexity index is 800. The maximum absolute atomic E-state index is 13.6. The number of hydrogen-bond acceptors (Lipinski definition) is 5. The first-order valence-corrected chi connectivity index (χ1v) is 8.31. The summed E-state index contributed by atoms with van der Waals surface area (Å²) in [7, 11) is 1.74. The molecule has 2 aromatic rings. The zero-order valence-corrected chi connectivity index (χ0v) is 13.7. The molecule has 4 rings (SSSR count). The number of halogens is 3. The van der Waals surface area contributed by atoms with Crippen molar-refractivity contribution in [3.63, 3.8) is 0 Å². The van der Waals surface area contributed by atoms with Gasteiger partial charge >= 0.3 is 6.18 Å². The first kappa shape index (κ1) is 16.2. The van der Waals surface area contributed by atoms with Crippen LogP contribution in [0.25, 0.3) is 0 Å². The second kappa shape index (κ2) is 5.60. The van der Waals surface area contributed by atoms with Crippen LogP contribution in [0.2, 0.25) is 0 Å². The predicted octanol–water partition coefficient (Wildman–Crippen LogP) is 3.46. The van der Waals surface area contributed by atoms with Gasteiger partial charge in [0.1, 0.15) is 11.4 Å². The van der Waals surface area contributed by atoms with E-state index in [0.29, 0.717) is 11.6 Å². The summed E-state index contributed by atoms with van der Waals surface area (Å²) in [6.07, 6.45) is 2.47. The highest BCUT2D eigenvalue weighted by molar-refractivity contribution is 5.56. The molecular weight excluding hydrogens is 333 g/mol. The monoisotopic (exact) mass is 352 g/mol. The van der Waals surface area contributed by atoms with Crippen molar-refractivity contribution in [3.8, 4) is 0 Å². The van der Waals surface area contributed by atoms with Gasteiger partial charge in [0, 0.05) is 19.2 Å². The molecule has 2 aromatic heterocycles. The molecule has 3 atom stereocenters. The van der Waals surface area contributed by atoms with Crippen LogP contribution < -0.4 is 11.1 Å². The molecule has 3 N–H and O–H groups in total. The highest BCUT2D eigenvalue weighted by atomic mass is 19.4. The molecule has 9 heteroatoms. The number of nitrogen functional groups attached to an aromatic ring is 1. The van der Waals surface area contributed by atoms with Crippen molar-refractivity contribution in [3.05, 3.63) is 23.7 Å². The molecule has 0 unspecified atom stereocenters. The zero-order valence-electron chi connectivity index (χ0n) is 13.7. The normalized spacial score (nSPS) is 25.5. The van der Waals surface area contributed by atoms with Gasteiger partial charge in [0.25, 0.3) is 0 Å². The minimum Gasteiger partial charge on any atom is -0.383 e. The van der Waals surface area contributed by atoms with Gasteiger partial charge in [0.05, 0.1) is 17.6 Å². The summed E-state index contributed by atoms with van der Waals surface area (Å²) in [6, 6.07) is 0. The van der Waals surface area contributed by atoms with Gasteiger partial charge in [-0.15, -0.1) is 0 Å². The van der Waals surface area contributed by atoms with E-state index in [4.69, 9.17) is 5.73 Å². The lowest BCUT2D eigenvalue weighted by molar-refractivity contribution is -0.138. The summed E-state index contributed by atoms with van der Waals surface area (Å²) in [4.78, 5) is 8.08.